The van der Waals surface area contributed by atoms with Gasteiger partial charge < -0.3 is 21.1 Å². The summed E-state index contributed by atoms with van der Waals surface area (Å²) >= 11 is 0. The number of rotatable bonds is 8. The van der Waals surface area contributed by atoms with Crippen LogP contribution in [-0.2, 0) is 17.6 Å². The Hall–Kier alpha value is -2.44. The summed E-state index contributed by atoms with van der Waals surface area (Å²) in [7, 11) is 0. The van der Waals surface area contributed by atoms with E-state index in [4.69, 9.17) is 0 Å². The maximum Gasteiger partial charge on any atom is 0.217 e. The lowest BCUT2D eigenvalue weighted by atomic mass is 9.82. The normalized spacial score (nSPS) is 19.0. The van der Waals surface area contributed by atoms with Crippen LogP contribution in [0, 0.1) is 11.2 Å². The van der Waals surface area contributed by atoms with Gasteiger partial charge in [0.05, 0.1) is 12.1 Å². The van der Waals surface area contributed by atoms with Gasteiger partial charge in [-0.05, 0) is 73.4 Å². The van der Waals surface area contributed by atoms with E-state index in [0.29, 0.717) is 13.0 Å². The third-order valence-electron chi connectivity index (χ3n) is 6.18. The van der Waals surface area contributed by atoms with Crippen LogP contribution in [0.4, 0.5) is 10.1 Å². The maximum atomic E-state index is 13.7. The molecule has 5 nitrogen and oxygen atoms in total. The fourth-order valence-electron chi connectivity index (χ4n) is 4.82. The van der Waals surface area contributed by atoms with E-state index in [1.165, 1.54) is 30.2 Å². The van der Waals surface area contributed by atoms with Crippen molar-refractivity contribution in [2.75, 3.05) is 11.9 Å². The van der Waals surface area contributed by atoms with Gasteiger partial charge in [-0.2, -0.15) is 0 Å². The molecule has 2 aromatic carbocycles. The molecule has 0 aliphatic carbocycles. The van der Waals surface area contributed by atoms with E-state index < -0.39 is 12.1 Å². The Labute approximate surface area is 203 Å². The minimum atomic E-state index is -0.827. The lowest BCUT2D eigenvalue weighted by molar-refractivity contribution is -0.120. The second-order valence-electron chi connectivity index (χ2n) is 11.5. The number of carbonyl (C=O) groups is 1. The standard InChI is InChI=1S/C28H40FN3O2/c1-18(33)31-24(14-19-8-7-9-21(29)12-19)26(34)17-30-25-16-28(5,6)32-23-11-10-20(13-22(23)25)15-27(2,3)4/h7-13,24-26,30,32,34H,14-17H2,1-6H3,(H,31,33)/t24-,25-,26-/m0/s1. The largest absolute Gasteiger partial charge is 0.390 e. The van der Waals surface area contributed by atoms with E-state index in [1.54, 1.807) is 12.1 Å². The molecule has 3 rings (SSSR count). The van der Waals surface area contributed by atoms with E-state index in [1.807, 2.05) is 0 Å². The number of halogens is 1. The number of aliphatic hydroxyl groups excluding tert-OH is 1. The third-order valence-corrected chi connectivity index (χ3v) is 6.18. The second kappa shape index (κ2) is 10.4. The smallest absolute Gasteiger partial charge is 0.217 e. The topological polar surface area (TPSA) is 73.4 Å². The summed E-state index contributed by atoms with van der Waals surface area (Å²) in [5.74, 6) is -0.549. The van der Waals surface area contributed by atoms with Crippen LogP contribution in [0.2, 0.25) is 0 Å². The molecular weight excluding hydrogens is 429 g/mol. The predicted molar refractivity (Wildman–Crippen MR) is 136 cm³/mol. The quantitative estimate of drug-likeness (QED) is 0.450. The third kappa shape index (κ3) is 7.54. The van der Waals surface area contributed by atoms with E-state index in [2.05, 4.69) is 68.8 Å². The van der Waals surface area contributed by atoms with Crippen LogP contribution in [0.1, 0.15) is 70.7 Å². The van der Waals surface area contributed by atoms with Gasteiger partial charge in [-0.15, -0.1) is 0 Å². The number of benzene rings is 2. The lowest BCUT2D eigenvalue weighted by Crippen LogP contribution is -2.50. The average molecular weight is 470 g/mol. The fraction of sp³-hybridized carbons (Fsp3) is 0.536. The van der Waals surface area contributed by atoms with Gasteiger partial charge in [-0.3, -0.25) is 4.79 Å². The average Bonchev–Trinajstić information content (AvgIpc) is 2.69. The minimum Gasteiger partial charge on any atom is -0.390 e. The van der Waals surface area contributed by atoms with Crippen LogP contribution in [0.25, 0.3) is 0 Å². The number of anilines is 1. The zero-order chi connectivity index (χ0) is 25.1. The number of fused-ring (bicyclic) bond motifs is 1. The Morgan fingerprint density at radius 3 is 2.59 bits per heavy atom. The molecule has 0 spiro atoms. The molecule has 1 heterocycles. The van der Waals surface area contributed by atoms with Crippen molar-refractivity contribution in [3.05, 3.63) is 65.0 Å². The first-order valence-corrected chi connectivity index (χ1v) is 12.2. The number of amides is 1. The lowest BCUT2D eigenvalue weighted by Gasteiger charge is -2.40. The molecule has 0 radical (unpaired) electrons. The number of hydrogen-bond acceptors (Lipinski definition) is 4. The predicted octanol–water partition coefficient (Wildman–Crippen LogP) is 4.75. The molecule has 0 unspecified atom stereocenters. The zero-order valence-electron chi connectivity index (χ0n) is 21.3. The summed E-state index contributed by atoms with van der Waals surface area (Å²) < 4.78 is 13.7. The van der Waals surface area contributed by atoms with Crippen molar-refractivity contribution in [2.24, 2.45) is 5.41 Å². The zero-order valence-corrected chi connectivity index (χ0v) is 21.3. The number of nitrogens with one attached hydrogen (secondary N) is 3. The van der Waals surface area contributed by atoms with Gasteiger partial charge in [-0.1, -0.05) is 45.0 Å². The van der Waals surface area contributed by atoms with E-state index in [9.17, 15) is 14.3 Å². The van der Waals surface area contributed by atoms with Crippen LogP contribution in [-0.4, -0.2) is 35.2 Å². The first-order chi connectivity index (χ1) is 15.8. The van der Waals surface area contributed by atoms with Crippen molar-refractivity contribution < 1.29 is 14.3 Å². The van der Waals surface area contributed by atoms with Crippen LogP contribution >= 0.6 is 0 Å². The van der Waals surface area contributed by atoms with Gasteiger partial charge in [0.1, 0.15) is 5.82 Å². The highest BCUT2D eigenvalue weighted by atomic mass is 19.1. The molecule has 1 aliphatic rings. The molecule has 0 bridgehead atoms. The number of aliphatic hydroxyl groups is 1. The molecule has 34 heavy (non-hydrogen) atoms. The number of hydrogen-bond donors (Lipinski definition) is 4. The Morgan fingerprint density at radius 1 is 1.21 bits per heavy atom. The molecule has 3 atom stereocenters. The van der Waals surface area contributed by atoms with Gasteiger partial charge in [0, 0.05) is 30.7 Å². The monoisotopic (exact) mass is 469 g/mol. The van der Waals surface area contributed by atoms with E-state index in [0.717, 1.165) is 24.1 Å². The minimum absolute atomic E-state index is 0.0629. The summed E-state index contributed by atoms with van der Waals surface area (Å²) in [5.41, 5.74) is 4.44. The van der Waals surface area contributed by atoms with E-state index >= 15 is 0 Å². The summed E-state index contributed by atoms with van der Waals surface area (Å²) in [6.07, 6.45) is 1.37. The molecule has 186 valence electrons. The Balaban J connectivity index is 1.76. The maximum absolute atomic E-state index is 13.7. The Bertz CT molecular complexity index is 999. The van der Waals surface area contributed by atoms with Gasteiger partial charge in [0.2, 0.25) is 5.91 Å². The van der Waals surface area contributed by atoms with Crippen LogP contribution in [0.15, 0.2) is 42.5 Å². The SMILES string of the molecule is CC(=O)N[C@@H](Cc1cccc(F)c1)[C@@H](O)CN[C@H]1CC(C)(C)Nc2ccc(CC(C)(C)C)cc21. The highest BCUT2D eigenvalue weighted by Gasteiger charge is 2.33. The summed E-state index contributed by atoms with van der Waals surface area (Å²) in [6, 6.07) is 12.4. The number of carbonyl (C=O) groups excluding carboxylic acids is 1. The molecule has 4 N–H and O–H groups in total. The fourth-order valence-corrected chi connectivity index (χ4v) is 4.82. The first-order valence-electron chi connectivity index (χ1n) is 12.2. The van der Waals surface area contributed by atoms with Crippen molar-refractivity contribution in [1.82, 2.24) is 10.6 Å². The molecule has 0 fully saturated rings. The first kappa shape index (κ1) is 26.2. The highest BCUT2D eigenvalue weighted by molar-refractivity contribution is 5.73. The Kier molecular flexibility index (Phi) is 8.04. The van der Waals surface area contributed by atoms with Gasteiger partial charge in [0.15, 0.2) is 0 Å². The van der Waals surface area contributed by atoms with Crippen LogP contribution < -0.4 is 16.0 Å². The molecule has 1 amide bonds. The molecule has 6 heteroatoms. The van der Waals surface area contributed by atoms with Crippen molar-refractivity contribution >= 4 is 11.6 Å². The molecule has 1 aliphatic heterocycles. The molecule has 0 saturated carbocycles. The molecular formula is C28H40FN3O2. The van der Waals surface area contributed by atoms with Crippen LogP contribution in [0.3, 0.4) is 0 Å². The van der Waals surface area contributed by atoms with Gasteiger partial charge >= 0.3 is 0 Å². The summed E-state index contributed by atoms with van der Waals surface area (Å²) in [5, 5.41) is 21.1. The molecule has 0 saturated heterocycles. The van der Waals surface area contributed by atoms with Crippen molar-refractivity contribution in [1.29, 1.82) is 0 Å². The second-order valence-corrected chi connectivity index (χ2v) is 11.5. The van der Waals surface area contributed by atoms with Crippen molar-refractivity contribution in [3.63, 3.8) is 0 Å². The van der Waals surface area contributed by atoms with E-state index in [-0.39, 0.29) is 28.7 Å². The molecule has 2 aromatic rings. The summed E-state index contributed by atoms with van der Waals surface area (Å²) in [6.45, 7) is 12.8. The molecule has 0 aromatic heterocycles. The highest BCUT2D eigenvalue weighted by Crippen LogP contribution is 2.38. The van der Waals surface area contributed by atoms with Gasteiger partial charge in [-0.25, -0.2) is 4.39 Å². The Morgan fingerprint density at radius 2 is 1.94 bits per heavy atom. The van der Waals surface area contributed by atoms with Crippen LogP contribution in [0.5, 0.6) is 0 Å². The van der Waals surface area contributed by atoms with Crippen molar-refractivity contribution in [3.8, 4) is 0 Å². The van der Waals surface area contributed by atoms with Crippen molar-refractivity contribution in [2.45, 2.75) is 84.5 Å². The summed E-state index contributed by atoms with van der Waals surface area (Å²) in [4.78, 5) is 11.8. The van der Waals surface area contributed by atoms with Gasteiger partial charge in [0.25, 0.3) is 0 Å².